The summed E-state index contributed by atoms with van der Waals surface area (Å²) < 4.78 is 5.53. The van der Waals surface area contributed by atoms with Crippen LogP contribution in [-0.4, -0.2) is 63.4 Å². The van der Waals surface area contributed by atoms with Gasteiger partial charge in [-0.2, -0.15) is 11.9 Å². The summed E-state index contributed by atoms with van der Waals surface area (Å²) in [5.74, 6) is -1.19. The van der Waals surface area contributed by atoms with Crippen molar-refractivity contribution >= 4 is 23.5 Å². The van der Waals surface area contributed by atoms with Gasteiger partial charge in [0.05, 0.1) is 13.7 Å². The molecule has 1 aliphatic rings. The van der Waals surface area contributed by atoms with Gasteiger partial charge in [-0.05, 0) is 61.3 Å². The van der Waals surface area contributed by atoms with E-state index in [0.717, 1.165) is 24.1 Å². The third kappa shape index (κ3) is 7.64. The van der Waals surface area contributed by atoms with E-state index in [1.165, 1.54) is 7.11 Å². The molecule has 0 bridgehead atoms. The largest absolute Gasteiger partial charge is 0.668 e. The highest BCUT2D eigenvalue weighted by Gasteiger charge is 2.43. The van der Waals surface area contributed by atoms with Crippen LogP contribution in [0.3, 0.4) is 0 Å². The van der Waals surface area contributed by atoms with Gasteiger partial charge in [-0.3, -0.25) is 9.59 Å². The van der Waals surface area contributed by atoms with Gasteiger partial charge in [0.25, 0.3) is 0 Å². The number of nitrogen functional groups attached to an aromatic ring is 1. The van der Waals surface area contributed by atoms with E-state index in [-0.39, 0.29) is 49.9 Å². The Kier molecular flexibility index (Phi) is 11.6. The van der Waals surface area contributed by atoms with Crippen LogP contribution in [-0.2, 0) is 22.4 Å². The molecule has 0 aliphatic heterocycles. The van der Waals surface area contributed by atoms with Gasteiger partial charge in [0.1, 0.15) is 5.82 Å². The van der Waals surface area contributed by atoms with E-state index in [1.807, 2.05) is 37.3 Å². The summed E-state index contributed by atoms with van der Waals surface area (Å²) in [4.78, 5) is 34.1. The number of hydrogen-bond donors (Lipinski definition) is 5. The maximum Gasteiger partial charge on any atom is 0.170 e. The van der Waals surface area contributed by atoms with Crippen LogP contribution in [0, 0.1) is 11.3 Å². The highest BCUT2D eigenvalue weighted by Crippen LogP contribution is 2.53. The number of aromatic hydroxyl groups is 1. The second kappa shape index (κ2) is 15.3. The standard InChI is InChI=1S/C35H44N3O7/c1-3-6-22(20-39)7-4-9-28(41)33(44)29(42)11-10-23-17-27(32(43)30(18-23)45-2)31-25-13-16-38-34(36)26(25)12-14-35(31,21-40)19-24-8-5-15-37-24/h5,8,12-18,22,31,33,39-40,43-44H,3-4,6-7,9-11,19-21H2,1-2H3,(H2,36,38)/q-1/t22-,31-,33-,35-/m0/s1. The number of hydrogen-bond acceptors (Lipinski definition) is 9. The summed E-state index contributed by atoms with van der Waals surface area (Å²) >= 11 is 0. The van der Waals surface area contributed by atoms with Crippen LogP contribution < -0.4 is 15.5 Å². The molecule has 0 saturated carbocycles. The van der Waals surface area contributed by atoms with Crippen molar-refractivity contribution in [3.8, 4) is 11.5 Å². The molecule has 0 saturated heterocycles. The van der Waals surface area contributed by atoms with Crippen molar-refractivity contribution in [2.45, 2.75) is 70.3 Å². The first-order chi connectivity index (χ1) is 21.7. The number of nitrogens with zero attached hydrogens (tertiary/aromatic N) is 2. The molecule has 0 amide bonds. The summed E-state index contributed by atoms with van der Waals surface area (Å²) in [6.07, 6.45) is 8.77. The van der Waals surface area contributed by atoms with Crippen molar-refractivity contribution < 1.29 is 34.8 Å². The summed E-state index contributed by atoms with van der Waals surface area (Å²) in [5, 5.41) is 42.3. The molecule has 242 valence electrons. The number of anilines is 1. The average Bonchev–Trinajstić information content (AvgIpc) is 3.56. The Balaban J connectivity index is 1.60. The molecular formula is C35H44N3O7-. The Bertz CT molecular complexity index is 1490. The fraction of sp³-hybridized carbons (Fsp3) is 0.457. The third-order valence-electron chi connectivity index (χ3n) is 8.90. The molecule has 3 aromatic rings. The maximum atomic E-state index is 12.9. The summed E-state index contributed by atoms with van der Waals surface area (Å²) in [6, 6.07) is 8.92. The number of phenols is 1. The van der Waals surface area contributed by atoms with E-state index in [1.54, 1.807) is 24.5 Å². The van der Waals surface area contributed by atoms with Crippen LogP contribution in [0.15, 0.2) is 48.8 Å². The van der Waals surface area contributed by atoms with Crippen LogP contribution in [0.2, 0.25) is 0 Å². The van der Waals surface area contributed by atoms with E-state index < -0.39 is 29.0 Å². The van der Waals surface area contributed by atoms with E-state index in [2.05, 4.69) is 9.97 Å². The van der Waals surface area contributed by atoms with Gasteiger partial charge in [0.15, 0.2) is 29.2 Å². The second-order valence-corrected chi connectivity index (χ2v) is 12.0. The minimum absolute atomic E-state index is 0.0540. The molecule has 4 atom stereocenters. The first-order valence-corrected chi connectivity index (χ1v) is 15.5. The predicted octanol–water partition coefficient (Wildman–Crippen LogP) is 3.73. The fourth-order valence-corrected chi connectivity index (χ4v) is 6.44. The topological polar surface area (TPSA) is 177 Å². The SMILES string of the molecule is CCC[C@H](CO)CCCC(=O)[C@H](O)C(=O)CCc1cc(OC)c(O)c([C@@H]2c3ccnc(N)c3C=C[C@@]2(CO)Cc2ccc[n-]2)c1. The van der Waals surface area contributed by atoms with Gasteiger partial charge in [0, 0.05) is 48.1 Å². The Labute approximate surface area is 264 Å². The lowest BCUT2D eigenvalue weighted by atomic mass is 9.63. The smallest absolute Gasteiger partial charge is 0.170 e. The van der Waals surface area contributed by atoms with Gasteiger partial charge >= 0.3 is 0 Å². The lowest BCUT2D eigenvalue weighted by Crippen LogP contribution is -2.37. The molecule has 2 heterocycles. The van der Waals surface area contributed by atoms with E-state index in [9.17, 15) is 30.0 Å². The number of pyridine rings is 1. The molecule has 0 radical (unpaired) electrons. The predicted molar refractivity (Wildman–Crippen MR) is 171 cm³/mol. The highest BCUT2D eigenvalue weighted by molar-refractivity contribution is 6.05. The molecule has 0 spiro atoms. The van der Waals surface area contributed by atoms with E-state index in [4.69, 9.17) is 10.5 Å². The third-order valence-corrected chi connectivity index (χ3v) is 8.90. The molecule has 10 nitrogen and oxygen atoms in total. The molecule has 0 fully saturated rings. The van der Waals surface area contributed by atoms with Gasteiger partial charge in [0.2, 0.25) is 0 Å². The molecule has 0 unspecified atom stereocenters. The number of aliphatic hydroxyl groups excluding tert-OH is 3. The fourth-order valence-electron chi connectivity index (χ4n) is 6.44. The number of carbonyl (C=O) groups excluding carboxylic acids is 2. The average molecular weight is 619 g/mol. The number of methoxy groups -OCH3 is 1. The molecule has 4 rings (SSSR count). The molecule has 6 N–H and O–H groups in total. The first-order valence-electron chi connectivity index (χ1n) is 15.5. The van der Waals surface area contributed by atoms with Crippen LogP contribution in [0.25, 0.3) is 6.08 Å². The number of aromatic nitrogens is 2. The Morgan fingerprint density at radius 1 is 1.13 bits per heavy atom. The van der Waals surface area contributed by atoms with Gasteiger partial charge in [-0.15, -0.1) is 0 Å². The number of benzene rings is 1. The van der Waals surface area contributed by atoms with Crippen molar-refractivity contribution in [3.63, 3.8) is 0 Å². The summed E-state index contributed by atoms with van der Waals surface area (Å²) in [7, 11) is 1.43. The van der Waals surface area contributed by atoms with Gasteiger partial charge in [-0.1, -0.05) is 43.7 Å². The second-order valence-electron chi connectivity index (χ2n) is 12.0. The van der Waals surface area contributed by atoms with Gasteiger partial charge in [-0.25, -0.2) is 4.98 Å². The lowest BCUT2D eigenvalue weighted by molar-refractivity contribution is -0.138. The lowest BCUT2D eigenvalue weighted by Gasteiger charge is -2.42. The number of phenolic OH excluding ortho intramolecular Hbond substituents is 1. The van der Waals surface area contributed by atoms with Crippen molar-refractivity contribution in [1.82, 2.24) is 9.97 Å². The Morgan fingerprint density at radius 3 is 2.58 bits per heavy atom. The van der Waals surface area contributed by atoms with Crippen molar-refractivity contribution in [3.05, 3.63) is 76.7 Å². The van der Waals surface area contributed by atoms with Crippen LogP contribution in [0.4, 0.5) is 5.82 Å². The molecule has 45 heavy (non-hydrogen) atoms. The number of nitrogens with two attached hydrogens (primary N) is 1. The van der Waals surface area contributed by atoms with Crippen LogP contribution in [0.1, 0.15) is 79.3 Å². The van der Waals surface area contributed by atoms with Gasteiger partial charge < -0.3 is 35.9 Å². The highest BCUT2D eigenvalue weighted by atomic mass is 16.5. The molecule has 10 heteroatoms. The van der Waals surface area contributed by atoms with Crippen molar-refractivity contribution in [1.29, 1.82) is 0 Å². The van der Waals surface area contributed by atoms with E-state index >= 15 is 0 Å². The Hall–Kier alpha value is -3.99. The number of fused-ring (bicyclic) bond motifs is 1. The minimum atomic E-state index is -1.72. The van der Waals surface area contributed by atoms with Crippen LogP contribution in [0.5, 0.6) is 11.5 Å². The van der Waals surface area contributed by atoms with E-state index in [0.29, 0.717) is 41.8 Å². The van der Waals surface area contributed by atoms with Crippen molar-refractivity contribution in [2.24, 2.45) is 11.3 Å². The van der Waals surface area contributed by atoms with Crippen LogP contribution >= 0.6 is 0 Å². The number of Topliss-reactive ketones (excluding diaryl/α,β-unsaturated/α-hetero) is 2. The van der Waals surface area contributed by atoms with Crippen molar-refractivity contribution in [2.75, 3.05) is 26.1 Å². The number of ketones is 2. The molecular weight excluding hydrogens is 574 g/mol. The molecule has 2 aromatic heterocycles. The number of aryl methyl sites for hydroxylation is 1. The Morgan fingerprint density at radius 2 is 1.91 bits per heavy atom. The zero-order chi connectivity index (χ0) is 32.6. The first kappa shape index (κ1) is 33.9. The minimum Gasteiger partial charge on any atom is -0.668 e. The zero-order valence-corrected chi connectivity index (χ0v) is 26.0. The number of aliphatic hydroxyl groups is 3. The monoisotopic (exact) mass is 618 g/mol. The normalized spacial score (nSPS) is 18.7. The maximum absolute atomic E-state index is 12.9. The number of carbonyl (C=O) groups is 2. The zero-order valence-electron chi connectivity index (χ0n) is 26.0. The molecule has 1 aromatic carbocycles. The number of rotatable bonds is 17. The summed E-state index contributed by atoms with van der Waals surface area (Å²) in [5.41, 5.74) is 8.67. The summed E-state index contributed by atoms with van der Waals surface area (Å²) in [6.45, 7) is 1.82. The molecule has 1 aliphatic carbocycles. The number of ether oxygens (including phenoxy) is 1. The quantitative estimate of drug-likeness (QED) is 0.140.